The van der Waals surface area contributed by atoms with Crippen LogP contribution < -0.4 is 11.1 Å². The Morgan fingerprint density at radius 1 is 1.56 bits per heavy atom. The molecule has 0 saturated heterocycles. The monoisotopic (exact) mass is 264 g/mol. The minimum Gasteiger partial charge on any atom is -0.382 e. The fourth-order valence-electron chi connectivity index (χ4n) is 1.66. The van der Waals surface area contributed by atoms with Gasteiger partial charge in [-0.15, -0.1) is 11.3 Å². The molecular weight excluding hydrogens is 248 g/mol. The number of nitrogens with zero attached hydrogens (tertiary/aromatic N) is 2. The van der Waals surface area contributed by atoms with Crippen molar-refractivity contribution in [2.24, 2.45) is 0 Å². The number of hydrogen-bond acceptors (Lipinski definition) is 4. The van der Waals surface area contributed by atoms with Crippen LogP contribution in [0.1, 0.15) is 22.7 Å². The molecule has 0 saturated carbocycles. The predicted octanol–water partition coefficient (Wildman–Crippen LogP) is 1.71. The van der Waals surface area contributed by atoms with Gasteiger partial charge >= 0.3 is 0 Å². The summed E-state index contributed by atoms with van der Waals surface area (Å²) in [5.41, 5.74) is 5.49. The second-order valence-corrected chi connectivity index (χ2v) is 5.50. The van der Waals surface area contributed by atoms with Crippen molar-refractivity contribution < 1.29 is 4.79 Å². The molecule has 18 heavy (non-hydrogen) atoms. The number of carbonyl (C=O) groups excluding carboxylic acids is 1. The molecule has 0 bridgehead atoms. The predicted molar refractivity (Wildman–Crippen MR) is 72.3 cm³/mol. The highest BCUT2D eigenvalue weighted by molar-refractivity contribution is 7.12. The summed E-state index contributed by atoms with van der Waals surface area (Å²) in [6, 6.07) is 5.77. The van der Waals surface area contributed by atoms with Gasteiger partial charge in [0.1, 0.15) is 12.4 Å². The molecular formula is C12H16N4OS. The van der Waals surface area contributed by atoms with Gasteiger partial charge in [0, 0.05) is 16.0 Å². The molecule has 2 rings (SSSR count). The number of amides is 1. The first kappa shape index (κ1) is 12.6. The largest absolute Gasteiger partial charge is 0.382 e. The van der Waals surface area contributed by atoms with Crippen LogP contribution in [0.3, 0.4) is 0 Å². The lowest BCUT2D eigenvalue weighted by molar-refractivity contribution is -0.122. The SMILES string of the molecule is Cc1ccc(C(C)NC(=O)Cn2ccc(N)n2)s1. The summed E-state index contributed by atoms with van der Waals surface area (Å²) in [6.45, 7) is 4.21. The van der Waals surface area contributed by atoms with Crippen LogP contribution in [0.4, 0.5) is 5.82 Å². The molecule has 6 heteroatoms. The van der Waals surface area contributed by atoms with Crippen LogP contribution in [0.15, 0.2) is 24.4 Å². The lowest BCUT2D eigenvalue weighted by Crippen LogP contribution is -2.29. The number of nitrogens with one attached hydrogen (secondary N) is 1. The standard InChI is InChI=1S/C12H16N4OS/c1-8-3-4-10(18-8)9(2)14-12(17)7-16-6-5-11(13)15-16/h3-6,9H,7H2,1-2H3,(H2,13,15)(H,14,17). The lowest BCUT2D eigenvalue weighted by Gasteiger charge is -2.12. The first-order valence-corrected chi connectivity index (χ1v) is 6.51. The van der Waals surface area contributed by atoms with Crippen LogP contribution in [0.2, 0.25) is 0 Å². The van der Waals surface area contributed by atoms with E-state index in [2.05, 4.69) is 23.4 Å². The Hall–Kier alpha value is -1.82. The Morgan fingerprint density at radius 3 is 2.89 bits per heavy atom. The molecule has 3 N–H and O–H groups in total. The average Bonchev–Trinajstić information content (AvgIpc) is 2.87. The zero-order valence-electron chi connectivity index (χ0n) is 10.4. The Morgan fingerprint density at radius 2 is 2.33 bits per heavy atom. The number of rotatable bonds is 4. The molecule has 5 nitrogen and oxygen atoms in total. The van der Waals surface area contributed by atoms with E-state index >= 15 is 0 Å². The van der Waals surface area contributed by atoms with E-state index in [0.29, 0.717) is 5.82 Å². The Labute approximate surface area is 110 Å². The van der Waals surface area contributed by atoms with Gasteiger partial charge in [0.2, 0.25) is 5.91 Å². The topological polar surface area (TPSA) is 72.9 Å². The number of hydrogen-bond donors (Lipinski definition) is 2. The van der Waals surface area contributed by atoms with Crippen molar-refractivity contribution in [1.29, 1.82) is 0 Å². The minimum absolute atomic E-state index is 0.0177. The van der Waals surface area contributed by atoms with Crippen LogP contribution in [-0.2, 0) is 11.3 Å². The molecule has 0 radical (unpaired) electrons. The Bertz CT molecular complexity index is 546. The quantitative estimate of drug-likeness (QED) is 0.883. The van der Waals surface area contributed by atoms with E-state index in [4.69, 9.17) is 5.73 Å². The number of nitrogen functional groups attached to an aromatic ring is 1. The fraction of sp³-hybridized carbons (Fsp3) is 0.333. The van der Waals surface area contributed by atoms with Gasteiger partial charge in [0.05, 0.1) is 6.04 Å². The number of thiophene rings is 1. The summed E-state index contributed by atoms with van der Waals surface area (Å²) >= 11 is 1.69. The van der Waals surface area contributed by atoms with Gasteiger partial charge in [-0.2, -0.15) is 5.10 Å². The van der Waals surface area contributed by atoms with Crippen LogP contribution in [0.5, 0.6) is 0 Å². The van der Waals surface area contributed by atoms with Gasteiger partial charge in [-0.1, -0.05) is 0 Å². The van der Waals surface area contributed by atoms with Crippen molar-refractivity contribution in [1.82, 2.24) is 15.1 Å². The van der Waals surface area contributed by atoms with Gasteiger partial charge in [-0.25, -0.2) is 0 Å². The second kappa shape index (κ2) is 5.22. The Balaban J connectivity index is 1.91. The van der Waals surface area contributed by atoms with Gasteiger partial charge in [0.25, 0.3) is 0 Å². The van der Waals surface area contributed by atoms with Crippen molar-refractivity contribution in [3.05, 3.63) is 34.2 Å². The Kier molecular flexibility index (Phi) is 3.66. The van der Waals surface area contributed by atoms with Gasteiger partial charge in [-0.05, 0) is 32.0 Å². The maximum atomic E-state index is 11.8. The van der Waals surface area contributed by atoms with Crippen LogP contribution >= 0.6 is 11.3 Å². The number of carbonyl (C=O) groups is 1. The van der Waals surface area contributed by atoms with E-state index in [9.17, 15) is 4.79 Å². The van der Waals surface area contributed by atoms with E-state index in [1.54, 1.807) is 23.6 Å². The summed E-state index contributed by atoms with van der Waals surface area (Å²) < 4.78 is 1.52. The summed E-state index contributed by atoms with van der Waals surface area (Å²) in [4.78, 5) is 14.2. The van der Waals surface area contributed by atoms with E-state index in [1.165, 1.54) is 9.56 Å². The molecule has 2 heterocycles. The normalized spacial score (nSPS) is 12.3. The van der Waals surface area contributed by atoms with Gasteiger partial charge in [0.15, 0.2) is 0 Å². The lowest BCUT2D eigenvalue weighted by atomic mass is 10.2. The van der Waals surface area contributed by atoms with E-state index in [-0.39, 0.29) is 18.5 Å². The highest BCUT2D eigenvalue weighted by Gasteiger charge is 2.11. The molecule has 1 amide bonds. The second-order valence-electron chi connectivity index (χ2n) is 4.18. The third-order valence-electron chi connectivity index (χ3n) is 2.53. The number of aromatic nitrogens is 2. The molecule has 0 aliphatic rings. The highest BCUT2D eigenvalue weighted by atomic mass is 32.1. The first-order chi connectivity index (χ1) is 8.54. The van der Waals surface area contributed by atoms with Crippen molar-refractivity contribution in [3.8, 4) is 0 Å². The molecule has 0 fully saturated rings. The maximum Gasteiger partial charge on any atom is 0.242 e. The smallest absolute Gasteiger partial charge is 0.242 e. The average molecular weight is 264 g/mol. The maximum absolute atomic E-state index is 11.8. The summed E-state index contributed by atoms with van der Waals surface area (Å²) in [5.74, 6) is 0.349. The molecule has 96 valence electrons. The van der Waals surface area contributed by atoms with Gasteiger partial charge in [-0.3, -0.25) is 9.48 Å². The molecule has 0 spiro atoms. The van der Waals surface area contributed by atoms with Crippen molar-refractivity contribution >= 4 is 23.1 Å². The molecule has 1 atom stereocenters. The summed E-state index contributed by atoms with van der Waals surface area (Å²) in [7, 11) is 0. The fourth-order valence-corrected chi connectivity index (χ4v) is 2.54. The molecule has 0 aliphatic carbocycles. The van der Waals surface area contributed by atoms with Crippen molar-refractivity contribution in [2.45, 2.75) is 26.4 Å². The van der Waals surface area contributed by atoms with E-state index in [0.717, 1.165) is 4.88 Å². The molecule has 0 aliphatic heterocycles. The third-order valence-corrected chi connectivity index (χ3v) is 3.72. The third kappa shape index (κ3) is 3.10. The first-order valence-electron chi connectivity index (χ1n) is 5.69. The summed E-state index contributed by atoms with van der Waals surface area (Å²) in [5, 5.41) is 6.91. The highest BCUT2D eigenvalue weighted by Crippen LogP contribution is 2.22. The van der Waals surface area contributed by atoms with Crippen molar-refractivity contribution in [3.63, 3.8) is 0 Å². The molecule has 0 aromatic carbocycles. The van der Waals surface area contributed by atoms with E-state index < -0.39 is 0 Å². The van der Waals surface area contributed by atoms with E-state index in [1.807, 2.05) is 13.0 Å². The number of nitrogens with two attached hydrogens (primary N) is 1. The molecule has 2 aromatic heterocycles. The van der Waals surface area contributed by atoms with Crippen molar-refractivity contribution in [2.75, 3.05) is 5.73 Å². The number of aryl methyl sites for hydroxylation is 1. The molecule has 1 unspecified atom stereocenters. The van der Waals surface area contributed by atoms with Crippen LogP contribution in [-0.4, -0.2) is 15.7 Å². The zero-order chi connectivity index (χ0) is 13.1. The van der Waals surface area contributed by atoms with Gasteiger partial charge < -0.3 is 11.1 Å². The minimum atomic E-state index is -0.0725. The zero-order valence-corrected chi connectivity index (χ0v) is 11.2. The van der Waals surface area contributed by atoms with Crippen LogP contribution in [0, 0.1) is 6.92 Å². The van der Waals surface area contributed by atoms with Crippen LogP contribution in [0.25, 0.3) is 0 Å². The molecule has 2 aromatic rings. The summed E-state index contributed by atoms with van der Waals surface area (Å²) in [6.07, 6.45) is 1.69. The number of anilines is 1.